The van der Waals surface area contributed by atoms with Gasteiger partial charge in [-0.1, -0.05) is 0 Å². The molecule has 1 aliphatic heterocycles. The maximum Gasteiger partial charge on any atom is 0.332 e. The van der Waals surface area contributed by atoms with Crippen molar-refractivity contribution in [1.29, 1.82) is 0 Å². The quantitative estimate of drug-likeness (QED) is 0.731. The normalized spacial score (nSPS) is 16.5. The van der Waals surface area contributed by atoms with Crippen LogP contribution in [0.3, 0.4) is 0 Å². The van der Waals surface area contributed by atoms with E-state index in [9.17, 15) is 14.4 Å². The van der Waals surface area contributed by atoms with Crippen molar-refractivity contribution in [2.75, 3.05) is 25.1 Å². The molecule has 1 aliphatic rings. The van der Waals surface area contributed by atoms with Gasteiger partial charge in [0.25, 0.3) is 5.56 Å². The third kappa shape index (κ3) is 4.42. The highest BCUT2D eigenvalue weighted by Crippen LogP contribution is 2.12. The molecule has 26 heavy (non-hydrogen) atoms. The molecule has 11 heteroatoms. The Bertz CT molecular complexity index is 905. The number of rotatable bonds is 3. The highest BCUT2D eigenvalue weighted by molar-refractivity contribution is 5.92. The minimum Gasteiger partial charge on any atom is -0.378 e. The maximum atomic E-state index is 12.2. The number of carbonyl (C=O) groups is 1. The van der Waals surface area contributed by atoms with Gasteiger partial charge in [-0.15, -0.1) is 24.8 Å². The fraction of sp³-hybridized carbons (Fsp3) is 0.467. The van der Waals surface area contributed by atoms with E-state index in [-0.39, 0.29) is 54.2 Å². The van der Waals surface area contributed by atoms with Crippen molar-refractivity contribution in [3.05, 3.63) is 33.1 Å². The van der Waals surface area contributed by atoms with E-state index in [0.717, 1.165) is 11.1 Å². The van der Waals surface area contributed by atoms with Gasteiger partial charge in [0.15, 0.2) is 0 Å². The largest absolute Gasteiger partial charge is 0.378 e. The molecule has 0 spiro atoms. The van der Waals surface area contributed by atoms with Crippen LogP contribution >= 0.6 is 24.8 Å². The van der Waals surface area contributed by atoms with E-state index in [1.54, 1.807) is 7.05 Å². The van der Waals surface area contributed by atoms with E-state index in [1.165, 1.54) is 23.9 Å². The minimum absolute atomic E-state index is 0. The molecule has 144 valence electrons. The summed E-state index contributed by atoms with van der Waals surface area (Å²) in [7, 11) is 2.95. The first kappa shape index (κ1) is 22.1. The molecule has 2 aromatic rings. The predicted octanol–water partition coefficient (Wildman–Crippen LogP) is -0.207. The molecule has 0 aromatic carbocycles. The van der Waals surface area contributed by atoms with Crippen LogP contribution in [0.15, 0.2) is 21.9 Å². The molecule has 0 aliphatic carbocycles. The number of hydrogen-bond donors (Lipinski definition) is 2. The lowest BCUT2D eigenvalue weighted by Crippen LogP contribution is -2.43. The number of halogens is 2. The number of hydrogen-bond acceptors (Lipinski definition) is 6. The summed E-state index contributed by atoms with van der Waals surface area (Å²) in [4.78, 5) is 40.4. The van der Waals surface area contributed by atoms with Crippen LogP contribution in [0.5, 0.6) is 0 Å². The summed E-state index contributed by atoms with van der Waals surface area (Å²) in [5, 5.41) is 6.21. The number of carbonyl (C=O) groups excluding carboxylic acids is 1. The fourth-order valence-electron chi connectivity index (χ4n) is 2.72. The number of amides is 1. The Balaban J connectivity index is 0.00000169. The highest BCUT2D eigenvalue weighted by Gasteiger charge is 2.17. The van der Waals surface area contributed by atoms with Gasteiger partial charge in [0.2, 0.25) is 5.91 Å². The SMILES string of the molecule is Cl.Cl.Cn1c(=O)c2cc(NC(=O)CC3COCCN3)cnc2n(C)c1=O. The van der Waals surface area contributed by atoms with Gasteiger partial charge in [-0.3, -0.25) is 18.7 Å². The van der Waals surface area contributed by atoms with Crippen LogP contribution in [0.2, 0.25) is 0 Å². The number of fused-ring (bicyclic) bond motifs is 1. The molecule has 0 bridgehead atoms. The van der Waals surface area contributed by atoms with Gasteiger partial charge < -0.3 is 15.4 Å². The van der Waals surface area contributed by atoms with E-state index >= 15 is 0 Å². The van der Waals surface area contributed by atoms with Gasteiger partial charge in [-0.05, 0) is 6.07 Å². The van der Waals surface area contributed by atoms with Crippen molar-refractivity contribution < 1.29 is 9.53 Å². The molecular formula is C15H21Cl2N5O4. The van der Waals surface area contributed by atoms with Crippen molar-refractivity contribution in [2.45, 2.75) is 12.5 Å². The number of pyridine rings is 1. The van der Waals surface area contributed by atoms with Gasteiger partial charge in [0, 0.05) is 33.1 Å². The summed E-state index contributed by atoms with van der Waals surface area (Å²) in [6.45, 7) is 1.86. The maximum absolute atomic E-state index is 12.2. The standard InChI is InChI=1S/C15H19N5O4.2ClH/c1-19-13-11(14(22)20(2)15(19)23)5-9(7-17-13)18-12(21)6-10-8-24-4-3-16-10;;/h5,7,10,16H,3-4,6,8H2,1-2H3,(H,18,21);2*1H. The predicted molar refractivity (Wildman–Crippen MR) is 103 cm³/mol. The molecule has 1 atom stereocenters. The second kappa shape index (κ2) is 9.13. The number of morpholine rings is 1. The average molecular weight is 406 g/mol. The highest BCUT2D eigenvalue weighted by atomic mass is 35.5. The van der Waals surface area contributed by atoms with E-state index in [1.807, 2.05) is 0 Å². The third-order valence-corrected chi connectivity index (χ3v) is 4.01. The van der Waals surface area contributed by atoms with Crippen molar-refractivity contribution in [2.24, 2.45) is 14.1 Å². The summed E-state index contributed by atoms with van der Waals surface area (Å²) in [6, 6.07) is 1.51. The van der Waals surface area contributed by atoms with Crippen LogP contribution in [-0.2, 0) is 23.6 Å². The molecule has 2 N–H and O–H groups in total. The van der Waals surface area contributed by atoms with Gasteiger partial charge >= 0.3 is 5.69 Å². The molecule has 0 radical (unpaired) electrons. The number of nitrogens with one attached hydrogen (secondary N) is 2. The van der Waals surface area contributed by atoms with Crippen molar-refractivity contribution in [1.82, 2.24) is 19.4 Å². The van der Waals surface area contributed by atoms with Gasteiger partial charge in [0.05, 0.1) is 30.5 Å². The Kier molecular flexibility index (Phi) is 7.76. The molecule has 2 aromatic heterocycles. The second-order valence-corrected chi connectivity index (χ2v) is 5.78. The zero-order valence-corrected chi connectivity index (χ0v) is 16.0. The average Bonchev–Trinajstić information content (AvgIpc) is 2.59. The fourth-order valence-corrected chi connectivity index (χ4v) is 2.72. The monoisotopic (exact) mass is 405 g/mol. The minimum atomic E-state index is -0.445. The van der Waals surface area contributed by atoms with Gasteiger partial charge in [-0.25, -0.2) is 9.78 Å². The van der Waals surface area contributed by atoms with Crippen LogP contribution in [0.1, 0.15) is 6.42 Å². The van der Waals surface area contributed by atoms with Crippen LogP contribution < -0.4 is 21.9 Å². The van der Waals surface area contributed by atoms with Crippen LogP contribution in [-0.4, -0.2) is 45.8 Å². The number of nitrogens with zero attached hydrogens (tertiary/aromatic N) is 3. The number of aromatic nitrogens is 3. The molecule has 3 rings (SSSR count). The zero-order chi connectivity index (χ0) is 17.3. The molecule has 1 fully saturated rings. The molecule has 1 amide bonds. The summed E-state index contributed by atoms with van der Waals surface area (Å²) in [6.07, 6.45) is 1.70. The smallest absolute Gasteiger partial charge is 0.332 e. The molecule has 1 unspecified atom stereocenters. The first-order valence-electron chi connectivity index (χ1n) is 7.64. The van der Waals surface area contributed by atoms with Crippen molar-refractivity contribution in [3.63, 3.8) is 0 Å². The third-order valence-electron chi connectivity index (χ3n) is 4.01. The summed E-state index contributed by atoms with van der Waals surface area (Å²) in [5.74, 6) is -0.194. The Morgan fingerprint density at radius 2 is 2.08 bits per heavy atom. The molecular weight excluding hydrogens is 385 g/mol. The second-order valence-electron chi connectivity index (χ2n) is 5.78. The van der Waals surface area contributed by atoms with E-state index in [0.29, 0.717) is 18.9 Å². The Morgan fingerprint density at radius 1 is 1.35 bits per heavy atom. The molecule has 0 saturated carbocycles. The number of aryl methyl sites for hydroxylation is 1. The molecule has 3 heterocycles. The summed E-state index contributed by atoms with van der Waals surface area (Å²) < 4.78 is 7.62. The Hall–Kier alpha value is -1.94. The van der Waals surface area contributed by atoms with Crippen LogP contribution in [0, 0.1) is 0 Å². The zero-order valence-electron chi connectivity index (χ0n) is 14.4. The first-order chi connectivity index (χ1) is 11.5. The lowest BCUT2D eigenvalue weighted by Gasteiger charge is -2.23. The molecule has 9 nitrogen and oxygen atoms in total. The van der Waals surface area contributed by atoms with Crippen LogP contribution in [0.4, 0.5) is 5.69 Å². The van der Waals surface area contributed by atoms with E-state index < -0.39 is 11.2 Å². The number of ether oxygens (including phenoxy) is 1. The first-order valence-corrected chi connectivity index (χ1v) is 7.64. The lowest BCUT2D eigenvalue weighted by molar-refractivity contribution is -0.117. The van der Waals surface area contributed by atoms with Gasteiger partial charge in [0.1, 0.15) is 5.65 Å². The van der Waals surface area contributed by atoms with Crippen molar-refractivity contribution >= 4 is 47.4 Å². The molecule has 1 saturated heterocycles. The lowest BCUT2D eigenvalue weighted by atomic mass is 10.2. The van der Waals surface area contributed by atoms with Gasteiger partial charge in [-0.2, -0.15) is 0 Å². The number of anilines is 1. The Morgan fingerprint density at radius 3 is 2.73 bits per heavy atom. The topological polar surface area (TPSA) is 107 Å². The summed E-state index contributed by atoms with van der Waals surface area (Å²) >= 11 is 0. The van der Waals surface area contributed by atoms with E-state index in [2.05, 4.69) is 15.6 Å². The summed E-state index contributed by atoms with van der Waals surface area (Å²) in [5.41, 5.74) is -0.192. The van der Waals surface area contributed by atoms with Crippen molar-refractivity contribution in [3.8, 4) is 0 Å². The van der Waals surface area contributed by atoms with E-state index in [4.69, 9.17) is 4.74 Å². The van der Waals surface area contributed by atoms with Crippen LogP contribution in [0.25, 0.3) is 11.0 Å². The Labute approximate surface area is 161 Å².